The molecule has 0 radical (unpaired) electrons. The first-order valence-corrected chi connectivity index (χ1v) is 6.94. The fourth-order valence-electron chi connectivity index (χ4n) is 1.62. The van der Waals surface area contributed by atoms with Crippen LogP contribution >= 0.6 is 0 Å². The Labute approximate surface area is 111 Å². The highest BCUT2D eigenvalue weighted by Gasteiger charge is 2.21. The summed E-state index contributed by atoms with van der Waals surface area (Å²) in [4.78, 5) is 0. The van der Waals surface area contributed by atoms with Crippen molar-refractivity contribution in [3.63, 3.8) is 0 Å². The normalized spacial score (nSPS) is 13.1. The van der Waals surface area contributed by atoms with E-state index in [1.54, 1.807) is 12.1 Å². The molecule has 7 nitrogen and oxygen atoms in total. The van der Waals surface area contributed by atoms with Crippen LogP contribution in [0.2, 0.25) is 0 Å². The van der Waals surface area contributed by atoms with Crippen molar-refractivity contribution in [3.8, 4) is 11.5 Å². The number of aliphatic hydroxyl groups is 1. The molecule has 0 saturated heterocycles. The maximum absolute atomic E-state index is 10.7. The first-order valence-electron chi connectivity index (χ1n) is 5.44. The Bertz CT molecular complexity index is 542. The maximum Gasteiger partial charge on any atom is 0.292 e. The van der Waals surface area contributed by atoms with Gasteiger partial charge in [0, 0.05) is 23.4 Å². The first kappa shape index (κ1) is 15.5. The number of benzene rings is 1. The van der Waals surface area contributed by atoms with Crippen LogP contribution in [0.4, 0.5) is 5.69 Å². The van der Waals surface area contributed by atoms with Crippen LogP contribution < -0.4 is 15.2 Å². The van der Waals surface area contributed by atoms with Gasteiger partial charge in [-0.3, -0.25) is 4.55 Å². The molecule has 4 N–H and O–H groups in total. The molecule has 1 unspecified atom stereocenters. The summed E-state index contributed by atoms with van der Waals surface area (Å²) in [5.74, 6) is 0.938. The highest BCUT2D eigenvalue weighted by molar-refractivity contribution is 7.86. The highest BCUT2D eigenvalue weighted by Crippen LogP contribution is 2.31. The summed E-state index contributed by atoms with van der Waals surface area (Å²) in [5, 5.41) is 9.26. The molecular formula is C11H17NO6S. The lowest BCUT2D eigenvalue weighted by molar-refractivity contribution is 0.223. The van der Waals surface area contributed by atoms with Crippen LogP contribution in [0.15, 0.2) is 12.1 Å². The Kier molecular flexibility index (Phi) is 4.98. The lowest BCUT2D eigenvalue weighted by atomic mass is 10.1. The minimum atomic E-state index is -4.47. The van der Waals surface area contributed by atoms with E-state index < -0.39 is 15.6 Å². The van der Waals surface area contributed by atoms with Crippen LogP contribution in [0.1, 0.15) is 12.0 Å². The molecule has 8 heteroatoms. The molecule has 0 aliphatic carbocycles. The van der Waals surface area contributed by atoms with Crippen molar-refractivity contribution in [2.45, 2.75) is 18.3 Å². The molecule has 1 atom stereocenters. The van der Waals surface area contributed by atoms with Crippen molar-refractivity contribution >= 4 is 15.8 Å². The van der Waals surface area contributed by atoms with Gasteiger partial charge >= 0.3 is 0 Å². The summed E-state index contributed by atoms with van der Waals surface area (Å²) < 4.78 is 40.3. The number of aliphatic hydroxyl groups excluding tert-OH is 1. The zero-order valence-electron chi connectivity index (χ0n) is 10.7. The van der Waals surface area contributed by atoms with Gasteiger partial charge in [0.2, 0.25) is 0 Å². The van der Waals surface area contributed by atoms with E-state index in [2.05, 4.69) is 0 Å². The van der Waals surface area contributed by atoms with E-state index in [1.165, 1.54) is 14.2 Å². The zero-order chi connectivity index (χ0) is 14.6. The molecule has 0 aliphatic rings. The van der Waals surface area contributed by atoms with Gasteiger partial charge < -0.3 is 20.3 Å². The average Bonchev–Trinajstić information content (AvgIpc) is 2.34. The van der Waals surface area contributed by atoms with Gasteiger partial charge in [-0.1, -0.05) is 0 Å². The van der Waals surface area contributed by atoms with Gasteiger partial charge in [0.05, 0.1) is 14.2 Å². The third-order valence-corrected chi connectivity index (χ3v) is 3.58. The van der Waals surface area contributed by atoms with Gasteiger partial charge in [-0.2, -0.15) is 8.42 Å². The summed E-state index contributed by atoms with van der Waals surface area (Å²) in [6.07, 6.45) is -0.0499. The Morgan fingerprint density at radius 2 is 1.95 bits per heavy atom. The molecule has 1 rings (SSSR count). The molecule has 0 aliphatic heterocycles. The predicted octanol–water partition coefficient (Wildman–Crippen LogP) is 0.425. The van der Waals surface area contributed by atoms with Crippen LogP contribution in [0, 0.1) is 0 Å². The molecule has 0 spiro atoms. The monoisotopic (exact) mass is 291 g/mol. The average molecular weight is 291 g/mol. The zero-order valence-corrected chi connectivity index (χ0v) is 11.5. The van der Waals surface area contributed by atoms with Crippen LogP contribution in [0.5, 0.6) is 11.5 Å². The summed E-state index contributed by atoms with van der Waals surface area (Å²) in [7, 11) is -1.55. The number of anilines is 1. The molecule has 0 saturated carbocycles. The summed E-state index contributed by atoms with van der Waals surface area (Å²) in [5.41, 5.74) is 4.87. The molecular weight excluding hydrogens is 274 g/mol. The number of hydrogen-bond donors (Lipinski definition) is 3. The Morgan fingerprint density at radius 3 is 2.42 bits per heavy atom. The molecule has 0 heterocycles. The van der Waals surface area contributed by atoms with E-state index in [0.29, 0.717) is 22.7 Å². The number of nitrogens with two attached hydrogens (primary N) is 1. The molecule has 1 aromatic carbocycles. The number of ether oxygens (including phenoxy) is 2. The van der Waals surface area contributed by atoms with E-state index in [1.807, 2.05) is 0 Å². The van der Waals surface area contributed by atoms with Crippen LogP contribution in [-0.4, -0.2) is 37.7 Å². The first-order chi connectivity index (χ1) is 8.79. The van der Waals surface area contributed by atoms with E-state index in [0.717, 1.165) is 0 Å². The molecule has 1 aromatic rings. The smallest absolute Gasteiger partial charge is 0.292 e. The minimum Gasteiger partial charge on any atom is -0.497 e. The van der Waals surface area contributed by atoms with E-state index in [9.17, 15) is 13.5 Å². The van der Waals surface area contributed by atoms with Crippen molar-refractivity contribution in [1.29, 1.82) is 0 Å². The van der Waals surface area contributed by atoms with Gasteiger partial charge in [-0.05, 0) is 12.8 Å². The van der Waals surface area contributed by atoms with Crippen LogP contribution in [-0.2, 0) is 16.5 Å². The standard InChI is InChI=1S/C11H17NO6S/c1-17-7-5-9(12)8(10(6-7)18-2)3-4-11(13)19(14,15)16/h5-6,11,13H,3-4,12H2,1-2H3,(H,14,15,16). The second-order valence-electron chi connectivity index (χ2n) is 3.91. The predicted molar refractivity (Wildman–Crippen MR) is 69.8 cm³/mol. The van der Waals surface area contributed by atoms with Gasteiger partial charge in [-0.25, -0.2) is 0 Å². The number of methoxy groups -OCH3 is 2. The van der Waals surface area contributed by atoms with E-state index in [-0.39, 0.29) is 12.8 Å². The number of nitrogen functional groups attached to an aromatic ring is 1. The van der Waals surface area contributed by atoms with Gasteiger partial charge in [-0.15, -0.1) is 0 Å². The number of hydrogen-bond acceptors (Lipinski definition) is 6. The lowest BCUT2D eigenvalue weighted by Crippen LogP contribution is -2.20. The molecule has 0 bridgehead atoms. The molecule has 108 valence electrons. The SMILES string of the molecule is COc1cc(N)c(CCC(O)S(=O)(=O)O)c(OC)c1. The van der Waals surface area contributed by atoms with Crippen molar-refractivity contribution < 1.29 is 27.6 Å². The second kappa shape index (κ2) is 6.09. The Balaban J connectivity index is 2.95. The van der Waals surface area contributed by atoms with Crippen molar-refractivity contribution in [2.24, 2.45) is 0 Å². The van der Waals surface area contributed by atoms with Gasteiger partial charge in [0.15, 0.2) is 5.44 Å². The fraction of sp³-hybridized carbons (Fsp3) is 0.455. The largest absolute Gasteiger partial charge is 0.497 e. The third kappa shape index (κ3) is 3.98. The molecule has 0 aromatic heterocycles. The fourth-order valence-corrected chi connectivity index (χ4v) is 2.04. The lowest BCUT2D eigenvalue weighted by Gasteiger charge is -2.14. The molecule has 0 amide bonds. The summed E-state index contributed by atoms with van der Waals surface area (Å²) in [6.45, 7) is 0. The van der Waals surface area contributed by atoms with Gasteiger partial charge in [0.1, 0.15) is 11.5 Å². The topological polar surface area (TPSA) is 119 Å². The number of rotatable bonds is 6. The van der Waals surface area contributed by atoms with E-state index in [4.69, 9.17) is 19.8 Å². The molecule has 0 fully saturated rings. The third-order valence-electron chi connectivity index (χ3n) is 2.66. The maximum atomic E-state index is 10.7. The Morgan fingerprint density at radius 1 is 1.32 bits per heavy atom. The summed E-state index contributed by atoms with van der Waals surface area (Å²) in [6, 6.07) is 3.17. The van der Waals surface area contributed by atoms with E-state index >= 15 is 0 Å². The summed E-state index contributed by atoms with van der Waals surface area (Å²) >= 11 is 0. The Hall–Kier alpha value is -1.51. The highest BCUT2D eigenvalue weighted by atomic mass is 32.2. The quantitative estimate of drug-likeness (QED) is 0.513. The molecule has 19 heavy (non-hydrogen) atoms. The van der Waals surface area contributed by atoms with Crippen LogP contribution in [0.25, 0.3) is 0 Å². The van der Waals surface area contributed by atoms with Crippen molar-refractivity contribution in [1.82, 2.24) is 0 Å². The van der Waals surface area contributed by atoms with Crippen molar-refractivity contribution in [2.75, 3.05) is 20.0 Å². The van der Waals surface area contributed by atoms with Crippen molar-refractivity contribution in [3.05, 3.63) is 17.7 Å². The van der Waals surface area contributed by atoms with Crippen LogP contribution in [0.3, 0.4) is 0 Å². The second-order valence-corrected chi connectivity index (χ2v) is 5.48. The van der Waals surface area contributed by atoms with Gasteiger partial charge in [0.25, 0.3) is 10.1 Å². The minimum absolute atomic E-state index is 0.139.